The van der Waals surface area contributed by atoms with Crippen LogP contribution < -0.4 is 5.73 Å². The van der Waals surface area contributed by atoms with Gasteiger partial charge in [0.05, 0.1) is 5.57 Å². The number of hydrogen-bond acceptors (Lipinski definition) is 1. The quantitative estimate of drug-likeness (QED) is 0.622. The summed E-state index contributed by atoms with van der Waals surface area (Å²) < 4.78 is 36.9. The van der Waals surface area contributed by atoms with Crippen LogP contribution in [0.1, 0.15) is 13.3 Å². The van der Waals surface area contributed by atoms with Gasteiger partial charge in [0.2, 0.25) is 0 Å². The van der Waals surface area contributed by atoms with Crippen LogP contribution in [0.4, 0.5) is 13.2 Å². The second kappa shape index (κ2) is 3.28. The molecule has 0 saturated carbocycles. The van der Waals surface area contributed by atoms with Gasteiger partial charge in [0, 0.05) is 5.70 Å². The molecule has 0 spiro atoms. The van der Waals surface area contributed by atoms with Gasteiger partial charge in [-0.25, -0.2) is 0 Å². The van der Waals surface area contributed by atoms with Crippen molar-refractivity contribution in [2.24, 2.45) is 5.73 Å². The number of nitrogens with two attached hydrogens (primary N) is 1. The van der Waals surface area contributed by atoms with E-state index in [1.807, 2.05) is 0 Å². The molecule has 1 nitrogen and oxygen atoms in total. The molecule has 0 amide bonds. The number of halogens is 3. The molecule has 1 aliphatic carbocycles. The Bertz CT molecular complexity index is 294. The fraction of sp³-hybridized carbons (Fsp3) is 0.333. The van der Waals surface area contributed by atoms with Crippen LogP contribution >= 0.6 is 0 Å². The maximum Gasteiger partial charge on any atom is 0.418 e. The Balaban J connectivity index is 3.03. The summed E-state index contributed by atoms with van der Waals surface area (Å²) in [6.45, 7) is 1.72. The van der Waals surface area contributed by atoms with E-state index in [0.29, 0.717) is 0 Å². The van der Waals surface area contributed by atoms with Crippen molar-refractivity contribution in [2.45, 2.75) is 19.5 Å². The van der Waals surface area contributed by atoms with Gasteiger partial charge in [0.25, 0.3) is 0 Å². The van der Waals surface area contributed by atoms with E-state index in [1.165, 1.54) is 6.08 Å². The lowest BCUT2D eigenvalue weighted by molar-refractivity contribution is -0.0896. The molecule has 0 bridgehead atoms. The van der Waals surface area contributed by atoms with Crippen LogP contribution in [-0.2, 0) is 0 Å². The highest BCUT2D eigenvalue weighted by Gasteiger charge is 2.35. The Labute approximate surface area is 74.4 Å². The third-order valence-corrected chi connectivity index (χ3v) is 1.76. The molecule has 72 valence electrons. The Morgan fingerprint density at radius 3 is 2.46 bits per heavy atom. The van der Waals surface area contributed by atoms with Crippen LogP contribution in [0.25, 0.3) is 0 Å². The third kappa shape index (κ3) is 2.37. The molecular formula is C9H10F3N. The zero-order valence-corrected chi connectivity index (χ0v) is 7.15. The Hall–Kier alpha value is -1.19. The van der Waals surface area contributed by atoms with Crippen LogP contribution in [-0.4, -0.2) is 6.18 Å². The first-order chi connectivity index (χ1) is 5.91. The predicted molar refractivity (Wildman–Crippen MR) is 44.8 cm³/mol. The minimum Gasteiger partial charge on any atom is -0.398 e. The molecule has 0 aromatic rings. The van der Waals surface area contributed by atoms with E-state index in [0.717, 1.165) is 11.6 Å². The molecule has 0 unspecified atom stereocenters. The SMILES string of the molecule is CC1=CCC=C(C(F)(F)F)C(N)=C1. The van der Waals surface area contributed by atoms with Crippen LogP contribution in [0.15, 0.2) is 35.1 Å². The summed E-state index contributed by atoms with van der Waals surface area (Å²) in [7, 11) is 0. The van der Waals surface area contributed by atoms with Crippen molar-refractivity contribution >= 4 is 0 Å². The fourth-order valence-electron chi connectivity index (χ4n) is 1.14. The first kappa shape index (κ1) is 9.89. The van der Waals surface area contributed by atoms with Gasteiger partial charge in [-0.3, -0.25) is 0 Å². The standard InChI is InChI=1S/C9H10F3N/c1-6-3-2-4-7(8(13)5-6)9(10,11)12/h3-5H,2,13H2,1H3. The summed E-state index contributed by atoms with van der Waals surface area (Å²) in [5.74, 6) is 0. The Morgan fingerprint density at radius 2 is 1.92 bits per heavy atom. The molecule has 1 aliphatic rings. The van der Waals surface area contributed by atoms with Crippen molar-refractivity contribution < 1.29 is 13.2 Å². The van der Waals surface area contributed by atoms with Gasteiger partial charge in [-0.1, -0.05) is 17.7 Å². The van der Waals surface area contributed by atoms with Crippen molar-refractivity contribution in [1.29, 1.82) is 0 Å². The fourth-order valence-corrected chi connectivity index (χ4v) is 1.14. The zero-order valence-electron chi connectivity index (χ0n) is 7.15. The minimum atomic E-state index is -4.35. The molecule has 0 aromatic heterocycles. The number of alkyl halides is 3. The van der Waals surface area contributed by atoms with Gasteiger partial charge in [0.1, 0.15) is 0 Å². The van der Waals surface area contributed by atoms with Gasteiger partial charge in [-0.2, -0.15) is 13.2 Å². The van der Waals surface area contributed by atoms with Crippen LogP contribution in [0.5, 0.6) is 0 Å². The summed E-state index contributed by atoms with van der Waals surface area (Å²) in [5, 5.41) is 0. The minimum absolute atomic E-state index is 0.209. The van der Waals surface area contributed by atoms with Crippen LogP contribution in [0, 0.1) is 0 Å². The molecule has 2 N–H and O–H groups in total. The summed E-state index contributed by atoms with van der Waals surface area (Å²) in [6, 6.07) is 0. The first-order valence-corrected chi connectivity index (χ1v) is 3.83. The second-order valence-corrected chi connectivity index (χ2v) is 2.90. The average Bonchev–Trinajstić information content (AvgIpc) is 2.08. The van der Waals surface area contributed by atoms with E-state index in [2.05, 4.69) is 0 Å². The number of allylic oxidation sites excluding steroid dienone is 5. The molecule has 0 radical (unpaired) electrons. The van der Waals surface area contributed by atoms with E-state index in [4.69, 9.17) is 5.73 Å². The molecule has 4 heteroatoms. The maximum atomic E-state index is 12.3. The maximum absolute atomic E-state index is 12.3. The summed E-state index contributed by atoms with van der Waals surface area (Å²) >= 11 is 0. The normalized spacial score (nSPS) is 18.6. The van der Waals surface area contributed by atoms with Crippen molar-refractivity contribution in [2.75, 3.05) is 0 Å². The van der Waals surface area contributed by atoms with Gasteiger partial charge in [-0.05, 0) is 19.4 Å². The highest BCUT2D eigenvalue weighted by molar-refractivity contribution is 5.40. The van der Waals surface area contributed by atoms with E-state index in [9.17, 15) is 13.2 Å². The smallest absolute Gasteiger partial charge is 0.398 e. The van der Waals surface area contributed by atoms with E-state index in [-0.39, 0.29) is 12.1 Å². The van der Waals surface area contributed by atoms with E-state index < -0.39 is 11.7 Å². The second-order valence-electron chi connectivity index (χ2n) is 2.90. The first-order valence-electron chi connectivity index (χ1n) is 3.83. The van der Waals surface area contributed by atoms with E-state index >= 15 is 0 Å². The van der Waals surface area contributed by atoms with Crippen molar-refractivity contribution in [3.8, 4) is 0 Å². The summed E-state index contributed by atoms with van der Waals surface area (Å²) in [6.07, 6.45) is 0.0666. The van der Waals surface area contributed by atoms with Crippen LogP contribution in [0.3, 0.4) is 0 Å². The number of rotatable bonds is 0. The molecule has 1 rings (SSSR count). The highest BCUT2D eigenvalue weighted by atomic mass is 19.4. The van der Waals surface area contributed by atoms with Crippen LogP contribution in [0.2, 0.25) is 0 Å². The molecule has 0 saturated heterocycles. The predicted octanol–water partition coefficient (Wildman–Crippen LogP) is 2.67. The van der Waals surface area contributed by atoms with Gasteiger partial charge in [0.15, 0.2) is 0 Å². The third-order valence-electron chi connectivity index (χ3n) is 1.76. The molecule has 0 fully saturated rings. The number of hydrogen-bond donors (Lipinski definition) is 1. The summed E-state index contributed by atoms with van der Waals surface area (Å²) in [5.41, 5.74) is 5.10. The molecular weight excluding hydrogens is 179 g/mol. The molecule has 0 aliphatic heterocycles. The van der Waals surface area contributed by atoms with Gasteiger partial charge < -0.3 is 5.73 Å². The molecule has 0 heterocycles. The van der Waals surface area contributed by atoms with E-state index in [1.54, 1.807) is 13.0 Å². The average molecular weight is 189 g/mol. The lowest BCUT2D eigenvalue weighted by atomic mass is 10.1. The summed E-state index contributed by atoms with van der Waals surface area (Å²) in [4.78, 5) is 0. The molecule has 13 heavy (non-hydrogen) atoms. The molecule has 0 aromatic carbocycles. The van der Waals surface area contributed by atoms with Gasteiger partial charge >= 0.3 is 6.18 Å². The largest absolute Gasteiger partial charge is 0.418 e. The van der Waals surface area contributed by atoms with Crippen molar-refractivity contribution in [3.63, 3.8) is 0 Å². The van der Waals surface area contributed by atoms with Gasteiger partial charge in [-0.15, -0.1) is 0 Å². The lowest BCUT2D eigenvalue weighted by Gasteiger charge is -2.10. The Morgan fingerprint density at radius 1 is 1.31 bits per heavy atom. The monoisotopic (exact) mass is 189 g/mol. The zero-order chi connectivity index (χ0) is 10.1. The Kier molecular flexibility index (Phi) is 2.50. The molecule has 0 atom stereocenters. The topological polar surface area (TPSA) is 26.0 Å². The lowest BCUT2D eigenvalue weighted by Crippen LogP contribution is -2.17. The van der Waals surface area contributed by atoms with Crippen molar-refractivity contribution in [3.05, 3.63) is 35.1 Å². The van der Waals surface area contributed by atoms with Crippen molar-refractivity contribution in [1.82, 2.24) is 0 Å². The highest BCUT2D eigenvalue weighted by Crippen LogP contribution is 2.31.